The molecule has 0 N–H and O–H groups in total. The van der Waals surface area contributed by atoms with Crippen molar-refractivity contribution < 1.29 is 9.18 Å². The van der Waals surface area contributed by atoms with Crippen LogP contribution < -0.4 is 0 Å². The summed E-state index contributed by atoms with van der Waals surface area (Å²) in [6, 6.07) is 1.37. The molecule has 1 fully saturated rings. The number of amides is 1. The molecule has 2 rings (SSSR count). The van der Waals surface area contributed by atoms with Gasteiger partial charge in [0, 0.05) is 13.1 Å². The Morgan fingerprint density at radius 3 is 2.63 bits per heavy atom. The molecule has 0 aliphatic heterocycles. The molecule has 0 saturated heterocycles. The van der Waals surface area contributed by atoms with Gasteiger partial charge in [-0.1, -0.05) is 37.3 Å². The number of halogens is 2. The van der Waals surface area contributed by atoms with E-state index in [1.807, 2.05) is 0 Å². The van der Waals surface area contributed by atoms with Gasteiger partial charge in [-0.25, -0.2) is 9.37 Å². The lowest BCUT2D eigenvalue weighted by Gasteiger charge is -2.27. The van der Waals surface area contributed by atoms with Crippen LogP contribution >= 0.6 is 11.6 Å². The average molecular weight is 285 g/mol. The molecular weight excluding hydrogens is 267 g/mol. The summed E-state index contributed by atoms with van der Waals surface area (Å²) in [6.45, 7) is 0. The van der Waals surface area contributed by atoms with E-state index in [2.05, 4.69) is 4.98 Å². The molecule has 1 amide bonds. The van der Waals surface area contributed by atoms with Crippen LogP contribution in [0.4, 0.5) is 4.39 Å². The van der Waals surface area contributed by atoms with Crippen molar-refractivity contribution in [2.75, 3.05) is 7.05 Å². The number of nitrogens with zero attached hydrogens (tertiary/aromatic N) is 2. The molecular formula is C14H18ClFN2O. The topological polar surface area (TPSA) is 33.2 Å². The van der Waals surface area contributed by atoms with Crippen LogP contribution in [-0.2, 0) is 0 Å². The minimum Gasteiger partial charge on any atom is -0.339 e. The van der Waals surface area contributed by atoms with E-state index in [-0.39, 0.29) is 22.7 Å². The molecule has 0 bridgehead atoms. The van der Waals surface area contributed by atoms with E-state index in [1.54, 1.807) is 11.9 Å². The summed E-state index contributed by atoms with van der Waals surface area (Å²) in [5, 5.41) is 0.0619. The number of carbonyl (C=O) groups excluding carboxylic acids is 1. The van der Waals surface area contributed by atoms with Crippen LogP contribution in [0, 0.1) is 5.82 Å². The number of hydrogen-bond acceptors (Lipinski definition) is 2. The van der Waals surface area contributed by atoms with Crippen molar-refractivity contribution in [3.63, 3.8) is 0 Å². The molecule has 1 saturated carbocycles. The highest BCUT2D eigenvalue weighted by molar-refractivity contribution is 6.32. The van der Waals surface area contributed by atoms with Gasteiger partial charge in [0.25, 0.3) is 5.91 Å². The Morgan fingerprint density at radius 1 is 1.37 bits per heavy atom. The highest BCUT2D eigenvalue weighted by atomic mass is 35.5. The van der Waals surface area contributed by atoms with Crippen LogP contribution in [0.3, 0.4) is 0 Å². The predicted octanol–water partition coefficient (Wildman–Crippen LogP) is 3.67. The maximum absolute atomic E-state index is 13.2. The van der Waals surface area contributed by atoms with E-state index < -0.39 is 5.82 Å². The Balaban J connectivity index is 2.15. The third kappa shape index (κ3) is 3.44. The lowest BCUT2D eigenvalue weighted by Crippen LogP contribution is -2.37. The van der Waals surface area contributed by atoms with Crippen molar-refractivity contribution in [1.82, 2.24) is 9.88 Å². The van der Waals surface area contributed by atoms with Crippen LogP contribution in [0.2, 0.25) is 5.15 Å². The van der Waals surface area contributed by atoms with Crippen molar-refractivity contribution in [3.05, 3.63) is 28.8 Å². The quantitative estimate of drug-likeness (QED) is 0.613. The number of aromatic nitrogens is 1. The van der Waals surface area contributed by atoms with Crippen molar-refractivity contribution >= 4 is 17.5 Å². The van der Waals surface area contributed by atoms with Crippen LogP contribution in [0.15, 0.2) is 12.3 Å². The number of hydrogen-bond donors (Lipinski definition) is 0. The van der Waals surface area contributed by atoms with Gasteiger partial charge in [-0.2, -0.15) is 0 Å². The highest BCUT2D eigenvalue weighted by Gasteiger charge is 2.24. The van der Waals surface area contributed by atoms with E-state index in [0.717, 1.165) is 37.9 Å². The molecule has 1 heterocycles. The fourth-order valence-electron chi connectivity index (χ4n) is 2.57. The van der Waals surface area contributed by atoms with Crippen LogP contribution in [0.25, 0.3) is 0 Å². The number of carbonyl (C=O) groups is 1. The fourth-order valence-corrected chi connectivity index (χ4v) is 2.76. The molecule has 1 aromatic rings. The summed E-state index contributed by atoms with van der Waals surface area (Å²) in [5.74, 6) is -0.786. The molecule has 1 aliphatic rings. The Labute approximate surface area is 117 Å². The molecule has 1 aromatic heterocycles. The van der Waals surface area contributed by atoms with Crippen LogP contribution in [-0.4, -0.2) is 28.9 Å². The van der Waals surface area contributed by atoms with E-state index >= 15 is 0 Å². The first kappa shape index (κ1) is 14.3. The van der Waals surface area contributed by atoms with E-state index in [4.69, 9.17) is 11.6 Å². The SMILES string of the molecule is CN(C(=O)c1cc(F)cnc1Cl)C1CCCCCC1. The van der Waals surface area contributed by atoms with Crippen molar-refractivity contribution in [1.29, 1.82) is 0 Å². The van der Waals surface area contributed by atoms with E-state index in [9.17, 15) is 9.18 Å². The second kappa shape index (κ2) is 6.33. The summed E-state index contributed by atoms with van der Waals surface area (Å²) in [4.78, 5) is 17.7. The average Bonchev–Trinajstić information content (AvgIpc) is 2.69. The molecule has 0 atom stereocenters. The summed E-state index contributed by atoms with van der Waals surface area (Å²) in [6.07, 6.45) is 7.74. The molecule has 5 heteroatoms. The standard InChI is InChI=1S/C14H18ClFN2O/c1-18(11-6-4-2-3-5-7-11)14(19)12-8-10(16)9-17-13(12)15/h8-9,11H,2-7H2,1H3. The predicted molar refractivity (Wildman–Crippen MR) is 72.8 cm³/mol. The maximum atomic E-state index is 13.2. The summed E-state index contributed by atoms with van der Waals surface area (Å²) in [7, 11) is 1.76. The minimum absolute atomic E-state index is 0.0619. The largest absolute Gasteiger partial charge is 0.339 e. The first-order chi connectivity index (χ1) is 9.09. The highest BCUT2D eigenvalue weighted by Crippen LogP contribution is 2.24. The second-order valence-corrected chi connectivity index (χ2v) is 5.41. The zero-order valence-corrected chi connectivity index (χ0v) is 11.8. The Bertz CT molecular complexity index is 459. The first-order valence-electron chi connectivity index (χ1n) is 6.68. The van der Waals surface area contributed by atoms with Crippen LogP contribution in [0.1, 0.15) is 48.9 Å². The molecule has 19 heavy (non-hydrogen) atoms. The third-order valence-electron chi connectivity index (χ3n) is 3.73. The molecule has 0 spiro atoms. The van der Waals surface area contributed by atoms with Gasteiger partial charge in [-0.15, -0.1) is 0 Å². The monoisotopic (exact) mass is 284 g/mol. The molecule has 0 unspecified atom stereocenters. The first-order valence-corrected chi connectivity index (χ1v) is 7.05. The molecule has 0 aromatic carbocycles. The second-order valence-electron chi connectivity index (χ2n) is 5.05. The Morgan fingerprint density at radius 2 is 2.00 bits per heavy atom. The normalized spacial score (nSPS) is 17.0. The van der Waals surface area contributed by atoms with Gasteiger partial charge in [-0.05, 0) is 18.9 Å². The zero-order valence-electron chi connectivity index (χ0n) is 11.0. The summed E-state index contributed by atoms with van der Waals surface area (Å²) in [5.41, 5.74) is 0.147. The van der Waals surface area contributed by atoms with Gasteiger partial charge in [0.2, 0.25) is 0 Å². The molecule has 3 nitrogen and oxygen atoms in total. The maximum Gasteiger partial charge on any atom is 0.257 e. The van der Waals surface area contributed by atoms with Gasteiger partial charge < -0.3 is 4.90 Å². The molecule has 0 radical (unpaired) electrons. The lowest BCUT2D eigenvalue weighted by molar-refractivity contribution is 0.0717. The van der Waals surface area contributed by atoms with E-state index in [1.165, 1.54) is 12.8 Å². The minimum atomic E-state index is -0.540. The number of pyridine rings is 1. The van der Waals surface area contributed by atoms with Crippen molar-refractivity contribution in [3.8, 4) is 0 Å². The summed E-state index contributed by atoms with van der Waals surface area (Å²) >= 11 is 5.88. The molecule has 1 aliphatic carbocycles. The van der Waals surface area contributed by atoms with Gasteiger partial charge in [0.1, 0.15) is 11.0 Å². The smallest absolute Gasteiger partial charge is 0.257 e. The fraction of sp³-hybridized carbons (Fsp3) is 0.571. The number of rotatable bonds is 2. The van der Waals surface area contributed by atoms with Crippen molar-refractivity contribution in [2.45, 2.75) is 44.6 Å². The third-order valence-corrected chi connectivity index (χ3v) is 4.03. The molecule has 104 valence electrons. The zero-order chi connectivity index (χ0) is 13.8. The van der Waals surface area contributed by atoms with Crippen LogP contribution in [0.5, 0.6) is 0 Å². The van der Waals surface area contributed by atoms with Crippen molar-refractivity contribution in [2.24, 2.45) is 0 Å². The van der Waals surface area contributed by atoms with E-state index in [0.29, 0.717) is 0 Å². The summed E-state index contributed by atoms with van der Waals surface area (Å²) < 4.78 is 13.2. The van der Waals surface area contributed by atoms with Gasteiger partial charge in [0.15, 0.2) is 0 Å². The Hall–Kier alpha value is -1.16. The van der Waals surface area contributed by atoms with Gasteiger partial charge in [-0.3, -0.25) is 4.79 Å². The van der Waals surface area contributed by atoms with Gasteiger partial charge >= 0.3 is 0 Å². The lowest BCUT2D eigenvalue weighted by atomic mass is 10.1. The Kier molecular flexibility index (Phi) is 4.75. The van der Waals surface area contributed by atoms with Gasteiger partial charge in [0.05, 0.1) is 11.8 Å².